The first kappa shape index (κ1) is 16.7. The molecule has 1 aliphatic heterocycles. The van der Waals surface area contributed by atoms with Crippen LogP contribution in [0, 0.1) is 16.7 Å². The van der Waals surface area contributed by atoms with Gasteiger partial charge in [-0.15, -0.1) is 0 Å². The molecule has 2 nitrogen and oxygen atoms in total. The molecule has 2 aromatic carbocycles. The summed E-state index contributed by atoms with van der Waals surface area (Å²) in [6.07, 6.45) is 6.70. The van der Waals surface area contributed by atoms with Gasteiger partial charge in [-0.05, 0) is 61.6 Å². The zero-order valence-corrected chi connectivity index (χ0v) is 14.2. The number of nitriles is 1. The molecule has 2 aromatic rings. The molecule has 1 fully saturated rings. The summed E-state index contributed by atoms with van der Waals surface area (Å²) in [6, 6.07) is 23.9. The number of hydrogen-bond donors (Lipinski definition) is 1. The van der Waals surface area contributed by atoms with Gasteiger partial charge in [0.2, 0.25) is 0 Å². The summed E-state index contributed by atoms with van der Waals surface area (Å²) in [6.45, 7) is 0.960. The van der Waals surface area contributed by atoms with Crippen molar-refractivity contribution in [1.29, 1.82) is 5.26 Å². The summed E-state index contributed by atoms with van der Waals surface area (Å²) in [5, 5.41) is 12.7. The molecule has 1 unspecified atom stereocenters. The Morgan fingerprint density at radius 2 is 1.46 bits per heavy atom. The monoisotopic (exact) mass is 318 g/mol. The molecule has 0 spiro atoms. The molecular weight excluding hydrogens is 292 g/mol. The molecule has 1 heterocycles. The van der Waals surface area contributed by atoms with E-state index in [4.69, 9.17) is 0 Å². The van der Waals surface area contributed by atoms with Gasteiger partial charge in [-0.2, -0.15) is 5.26 Å². The largest absolute Gasteiger partial charge is 0.302 e. The Balaban J connectivity index is 1.69. The van der Waals surface area contributed by atoms with Gasteiger partial charge in [-0.3, -0.25) is 0 Å². The van der Waals surface area contributed by atoms with Crippen LogP contribution in [-0.2, 0) is 12.8 Å². The first-order valence-electron chi connectivity index (χ1n) is 9.01. The van der Waals surface area contributed by atoms with Gasteiger partial charge in [0.15, 0.2) is 0 Å². The Hall–Kier alpha value is -2.11. The van der Waals surface area contributed by atoms with Crippen LogP contribution in [0.2, 0.25) is 0 Å². The molecule has 1 N–H and O–H groups in total. The van der Waals surface area contributed by atoms with Crippen LogP contribution in [0.25, 0.3) is 0 Å². The zero-order chi connectivity index (χ0) is 16.7. The zero-order valence-electron chi connectivity index (χ0n) is 14.2. The summed E-state index contributed by atoms with van der Waals surface area (Å²) in [4.78, 5) is 0. The smallest absolute Gasteiger partial charge is 0.0958 e. The fourth-order valence-electron chi connectivity index (χ4n) is 3.90. The van der Waals surface area contributed by atoms with Gasteiger partial charge in [-0.25, -0.2) is 0 Å². The predicted octanol–water partition coefficient (Wildman–Crippen LogP) is 4.51. The number of nitrogens with zero attached hydrogens (tertiary/aromatic N) is 1. The highest BCUT2D eigenvalue weighted by Gasteiger charge is 2.35. The minimum absolute atomic E-state index is 0.00490. The maximum Gasteiger partial charge on any atom is 0.0958 e. The highest BCUT2D eigenvalue weighted by Crippen LogP contribution is 2.40. The Labute approximate surface area is 145 Å². The van der Waals surface area contributed by atoms with Crippen LogP contribution in [0.4, 0.5) is 0 Å². The Morgan fingerprint density at radius 3 is 1.96 bits per heavy atom. The molecular formula is C22H26N2. The molecule has 0 amide bonds. The molecule has 0 radical (unpaired) electrons. The van der Waals surface area contributed by atoms with E-state index in [1.807, 2.05) is 0 Å². The van der Waals surface area contributed by atoms with Crippen molar-refractivity contribution in [2.24, 2.45) is 5.41 Å². The third-order valence-corrected chi connectivity index (χ3v) is 5.41. The number of benzene rings is 2. The van der Waals surface area contributed by atoms with Crippen LogP contribution >= 0.6 is 0 Å². The van der Waals surface area contributed by atoms with Crippen molar-refractivity contribution in [3.63, 3.8) is 0 Å². The second-order valence-corrected chi connectivity index (χ2v) is 7.06. The van der Waals surface area contributed by atoms with Crippen molar-refractivity contribution in [1.82, 2.24) is 5.32 Å². The molecule has 3 rings (SSSR count). The van der Waals surface area contributed by atoms with Crippen molar-refractivity contribution < 1.29 is 0 Å². The number of hydrogen-bond acceptors (Lipinski definition) is 2. The van der Waals surface area contributed by atoms with E-state index in [1.165, 1.54) is 30.4 Å². The lowest BCUT2D eigenvalue weighted by Gasteiger charge is -2.40. The van der Waals surface area contributed by atoms with Gasteiger partial charge in [0, 0.05) is 0 Å². The number of aryl methyl sites for hydroxylation is 2. The van der Waals surface area contributed by atoms with Gasteiger partial charge in [0.25, 0.3) is 0 Å². The van der Waals surface area contributed by atoms with Crippen molar-refractivity contribution in [3.05, 3.63) is 71.8 Å². The Morgan fingerprint density at radius 1 is 0.917 bits per heavy atom. The highest BCUT2D eigenvalue weighted by atomic mass is 14.9. The predicted molar refractivity (Wildman–Crippen MR) is 98.6 cm³/mol. The second-order valence-electron chi connectivity index (χ2n) is 7.06. The summed E-state index contributed by atoms with van der Waals surface area (Å²) in [5.41, 5.74) is 3.09. The molecule has 0 bridgehead atoms. The minimum atomic E-state index is 0.00490. The number of nitrogens with one attached hydrogen (secondary N) is 1. The van der Waals surface area contributed by atoms with Crippen LogP contribution in [0.15, 0.2) is 60.7 Å². The van der Waals surface area contributed by atoms with E-state index in [1.54, 1.807) is 0 Å². The minimum Gasteiger partial charge on any atom is -0.302 e. The van der Waals surface area contributed by atoms with Crippen LogP contribution in [-0.4, -0.2) is 12.6 Å². The maximum absolute atomic E-state index is 9.38. The van der Waals surface area contributed by atoms with Crippen molar-refractivity contribution in [2.75, 3.05) is 6.54 Å². The average molecular weight is 318 g/mol. The second kappa shape index (κ2) is 8.13. The van der Waals surface area contributed by atoms with E-state index < -0.39 is 0 Å². The molecule has 2 heteroatoms. The molecule has 0 aromatic heterocycles. The maximum atomic E-state index is 9.38. The van der Waals surface area contributed by atoms with Crippen LogP contribution in [0.3, 0.4) is 0 Å². The van der Waals surface area contributed by atoms with Gasteiger partial charge in [0.05, 0.1) is 12.1 Å². The topological polar surface area (TPSA) is 35.8 Å². The molecule has 1 aliphatic rings. The van der Waals surface area contributed by atoms with Gasteiger partial charge in [-0.1, -0.05) is 60.7 Å². The van der Waals surface area contributed by atoms with Crippen LogP contribution in [0.5, 0.6) is 0 Å². The lowest BCUT2D eigenvalue weighted by molar-refractivity contribution is 0.152. The average Bonchev–Trinajstić information content (AvgIpc) is 2.67. The van der Waals surface area contributed by atoms with Gasteiger partial charge < -0.3 is 5.32 Å². The summed E-state index contributed by atoms with van der Waals surface area (Å²) < 4.78 is 0. The molecule has 0 aliphatic carbocycles. The van der Waals surface area contributed by atoms with E-state index in [2.05, 4.69) is 72.0 Å². The molecule has 1 atom stereocenters. The summed E-state index contributed by atoms with van der Waals surface area (Å²) in [5.74, 6) is 0. The normalized spacial score (nSPS) is 19.5. The highest BCUT2D eigenvalue weighted by molar-refractivity contribution is 5.17. The quantitative estimate of drug-likeness (QED) is 0.850. The number of rotatable bonds is 6. The van der Waals surface area contributed by atoms with Gasteiger partial charge in [0.1, 0.15) is 0 Å². The third-order valence-electron chi connectivity index (χ3n) is 5.41. The summed E-state index contributed by atoms with van der Waals surface area (Å²) in [7, 11) is 0. The first-order chi connectivity index (χ1) is 11.8. The van der Waals surface area contributed by atoms with Crippen molar-refractivity contribution in [3.8, 4) is 6.07 Å². The Bertz CT molecular complexity index is 614. The fourth-order valence-corrected chi connectivity index (χ4v) is 3.90. The standard InChI is InChI=1S/C22H26N2/c23-18-21-17-22(15-16-24-21,13-11-19-7-3-1-4-8-19)14-12-20-9-5-2-6-10-20/h1-10,21,24H,11-17H2. The third kappa shape index (κ3) is 4.46. The Kier molecular flexibility index (Phi) is 5.67. The van der Waals surface area contributed by atoms with Crippen LogP contribution < -0.4 is 5.32 Å². The van der Waals surface area contributed by atoms with Crippen molar-refractivity contribution in [2.45, 2.75) is 44.6 Å². The van der Waals surface area contributed by atoms with E-state index in [0.717, 1.165) is 25.8 Å². The molecule has 0 saturated carbocycles. The lowest BCUT2D eigenvalue weighted by atomic mass is 9.69. The van der Waals surface area contributed by atoms with E-state index in [0.29, 0.717) is 0 Å². The lowest BCUT2D eigenvalue weighted by Crippen LogP contribution is -2.43. The first-order valence-corrected chi connectivity index (χ1v) is 9.01. The van der Waals surface area contributed by atoms with Crippen molar-refractivity contribution >= 4 is 0 Å². The SMILES string of the molecule is N#CC1CC(CCc2ccccc2)(CCc2ccccc2)CCN1. The van der Waals surface area contributed by atoms with E-state index in [-0.39, 0.29) is 11.5 Å². The molecule has 124 valence electrons. The molecule has 1 saturated heterocycles. The van der Waals surface area contributed by atoms with E-state index >= 15 is 0 Å². The van der Waals surface area contributed by atoms with Crippen LogP contribution in [0.1, 0.15) is 36.8 Å². The number of piperidine rings is 1. The van der Waals surface area contributed by atoms with Gasteiger partial charge >= 0.3 is 0 Å². The van der Waals surface area contributed by atoms with E-state index in [9.17, 15) is 5.26 Å². The molecule has 24 heavy (non-hydrogen) atoms. The fraction of sp³-hybridized carbons (Fsp3) is 0.409. The summed E-state index contributed by atoms with van der Waals surface area (Å²) >= 11 is 0.